The van der Waals surface area contributed by atoms with Crippen molar-refractivity contribution in [3.8, 4) is 17.2 Å². The quantitative estimate of drug-likeness (QED) is 0.556. The van der Waals surface area contributed by atoms with Crippen LogP contribution in [-0.2, 0) is 0 Å². The van der Waals surface area contributed by atoms with E-state index < -0.39 is 0 Å². The third-order valence-electron chi connectivity index (χ3n) is 3.34. The number of rotatable bonds is 9. The summed E-state index contributed by atoms with van der Waals surface area (Å²) in [4.78, 5) is 0. The van der Waals surface area contributed by atoms with Crippen LogP contribution in [-0.4, -0.2) is 28.4 Å². The van der Waals surface area contributed by atoms with Gasteiger partial charge >= 0.3 is 0 Å². The zero-order chi connectivity index (χ0) is 15.0. The molecule has 0 saturated heterocycles. The molecule has 0 aliphatic carbocycles. The smallest absolute Gasteiger partial charge is 0.203 e. The van der Waals surface area contributed by atoms with Gasteiger partial charge in [-0.3, -0.25) is 0 Å². The molecule has 0 bridgehead atoms. The van der Waals surface area contributed by atoms with Crippen LogP contribution in [0.3, 0.4) is 0 Å². The molecule has 0 saturated carbocycles. The molecule has 0 amide bonds. The van der Waals surface area contributed by atoms with Crippen LogP contribution in [0.15, 0.2) is 24.8 Å². The van der Waals surface area contributed by atoms with Crippen LogP contribution in [0.1, 0.15) is 30.9 Å². The fourth-order valence-corrected chi connectivity index (χ4v) is 2.25. The SMILES string of the molecule is C=CCCCC(NC)c1cc(OC)c(OC)c(OC)c1. The fraction of sp³-hybridized carbons (Fsp3) is 0.500. The van der Waals surface area contributed by atoms with E-state index in [4.69, 9.17) is 14.2 Å². The summed E-state index contributed by atoms with van der Waals surface area (Å²) < 4.78 is 16.1. The molecule has 0 heterocycles. The van der Waals surface area contributed by atoms with Gasteiger partial charge in [-0.05, 0) is 44.0 Å². The Morgan fingerprint density at radius 3 is 2.15 bits per heavy atom. The zero-order valence-corrected chi connectivity index (χ0v) is 12.9. The predicted molar refractivity (Wildman–Crippen MR) is 81.9 cm³/mol. The van der Waals surface area contributed by atoms with Gasteiger partial charge in [0.15, 0.2) is 11.5 Å². The standard InChI is InChI=1S/C16H25NO3/c1-6-7-8-9-13(17-2)12-10-14(18-3)16(20-5)15(11-12)19-4/h6,10-11,13,17H,1,7-9H2,2-5H3. The van der Waals surface area contributed by atoms with Crippen molar-refractivity contribution < 1.29 is 14.2 Å². The maximum absolute atomic E-state index is 5.39. The summed E-state index contributed by atoms with van der Waals surface area (Å²) in [7, 11) is 6.84. The first-order valence-electron chi connectivity index (χ1n) is 6.79. The van der Waals surface area contributed by atoms with Gasteiger partial charge in [-0.25, -0.2) is 0 Å². The van der Waals surface area contributed by atoms with Gasteiger partial charge in [0.25, 0.3) is 0 Å². The molecule has 1 unspecified atom stereocenters. The average Bonchev–Trinajstić information content (AvgIpc) is 2.50. The highest BCUT2D eigenvalue weighted by Gasteiger charge is 2.17. The number of hydrogen-bond donors (Lipinski definition) is 1. The van der Waals surface area contributed by atoms with Crippen molar-refractivity contribution in [2.45, 2.75) is 25.3 Å². The lowest BCUT2D eigenvalue weighted by Gasteiger charge is -2.20. The minimum absolute atomic E-state index is 0.253. The van der Waals surface area contributed by atoms with Crippen molar-refractivity contribution >= 4 is 0 Å². The molecule has 0 aliphatic heterocycles. The number of benzene rings is 1. The van der Waals surface area contributed by atoms with Crippen LogP contribution < -0.4 is 19.5 Å². The maximum atomic E-state index is 5.39. The van der Waals surface area contributed by atoms with Gasteiger partial charge < -0.3 is 19.5 Å². The van der Waals surface area contributed by atoms with E-state index >= 15 is 0 Å². The molecule has 4 heteroatoms. The van der Waals surface area contributed by atoms with Gasteiger partial charge in [-0.2, -0.15) is 0 Å². The molecule has 0 aromatic heterocycles. The van der Waals surface area contributed by atoms with Crippen LogP contribution in [0.4, 0.5) is 0 Å². The highest BCUT2D eigenvalue weighted by molar-refractivity contribution is 5.54. The molecule has 0 radical (unpaired) electrons. The van der Waals surface area contributed by atoms with E-state index in [1.54, 1.807) is 21.3 Å². The molecule has 1 aromatic carbocycles. The molecule has 20 heavy (non-hydrogen) atoms. The predicted octanol–water partition coefficient (Wildman–Crippen LogP) is 3.33. The number of methoxy groups -OCH3 is 3. The van der Waals surface area contributed by atoms with Crippen LogP contribution in [0.5, 0.6) is 17.2 Å². The Hall–Kier alpha value is -1.68. The van der Waals surface area contributed by atoms with E-state index in [1.165, 1.54) is 0 Å². The van der Waals surface area contributed by atoms with E-state index in [0.717, 1.165) is 24.8 Å². The number of nitrogens with one attached hydrogen (secondary N) is 1. The molecule has 0 spiro atoms. The molecule has 0 aliphatic rings. The summed E-state index contributed by atoms with van der Waals surface area (Å²) in [5, 5.41) is 3.33. The highest BCUT2D eigenvalue weighted by atomic mass is 16.5. The van der Waals surface area contributed by atoms with E-state index in [0.29, 0.717) is 17.2 Å². The molecule has 4 nitrogen and oxygen atoms in total. The van der Waals surface area contributed by atoms with Crippen LogP contribution in [0.25, 0.3) is 0 Å². The maximum Gasteiger partial charge on any atom is 0.203 e. The Labute approximate surface area is 121 Å². The molecular formula is C16H25NO3. The van der Waals surface area contributed by atoms with E-state index in [1.807, 2.05) is 25.3 Å². The monoisotopic (exact) mass is 279 g/mol. The summed E-state index contributed by atoms with van der Waals surface area (Å²) in [5.74, 6) is 2.00. The molecule has 1 aromatic rings. The van der Waals surface area contributed by atoms with E-state index in [-0.39, 0.29) is 6.04 Å². The number of unbranched alkanes of at least 4 members (excludes halogenated alkanes) is 1. The van der Waals surface area contributed by atoms with E-state index in [2.05, 4.69) is 11.9 Å². The average molecular weight is 279 g/mol. The van der Waals surface area contributed by atoms with Crippen molar-refractivity contribution in [2.75, 3.05) is 28.4 Å². The van der Waals surface area contributed by atoms with Gasteiger partial charge in [0.05, 0.1) is 21.3 Å². The van der Waals surface area contributed by atoms with Gasteiger partial charge in [0, 0.05) is 6.04 Å². The number of ether oxygens (including phenoxy) is 3. The minimum atomic E-state index is 0.253. The van der Waals surface area contributed by atoms with Crippen molar-refractivity contribution in [3.05, 3.63) is 30.4 Å². The summed E-state index contributed by atoms with van der Waals surface area (Å²) in [6.45, 7) is 3.76. The normalized spacial score (nSPS) is 11.8. The molecular weight excluding hydrogens is 254 g/mol. The minimum Gasteiger partial charge on any atom is -0.493 e. The largest absolute Gasteiger partial charge is 0.493 e. The third-order valence-corrected chi connectivity index (χ3v) is 3.34. The lowest BCUT2D eigenvalue weighted by Crippen LogP contribution is -2.16. The Balaban J connectivity index is 3.06. The molecule has 1 N–H and O–H groups in total. The Kier molecular flexibility index (Phi) is 6.94. The number of hydrogen-bond acceptors (Lipinski definition) is 4. The zero-order valence-electron chi connectivity index (χ0n) is 12.9. The first-order chi connectivity index (χ1) is 9.71. The molecule has 0 fully saturated rings. The van der Waals surface area contributed by atoms with Crippen LogP contribution in [0, 0.1) is 0 Å². The lowest BCUT2D eigenvalue weighted by molar-refractivity contribution is 0.323. The number of allylic oxidation sites excluding steroid dienone is 1. The summed E-state index contributed by atoms with van der Waals surface area (Å²) >= 11 is 0. The van der Waals surface area contributed by atoms with Gasteiger partial charge in [-0.15, -0.1) is 6.58 Å². The van der Waals surface area contributed by atoms with Crippen LogP contribution in [0.2, 0.25) is 0 Å². The van der Waals surface area contributed by atoms with Crippen molar-refractivity contribution in [1.29, 1.82) is 0 Å². The third kappa shape index (κ3) is 3.90. The fourth-order valence-electron chi connectivity index (χ4n) is 2.25. The van der Waals surface area contributed by atoms with Gasteiger partial charge in [0.2, 0.25) is 5.75 Å². The van der Waals surface area contributed by atoms with Crippen molar-refractivity contribution in [1.82, 2.24) is 5.32 Å². The van der Waals surface area contributed by atoms with Crippen molar-refractivity contribution in [2.24, 2.45) is 0 Å². The highest BCUT2D eigenvalue weighted by Crippen LogP contribution is 2.40. The molecule has 1 rings (SSSR count). The van der Waals surface area contributed by atoms with E-state index in [9.17, 15) is 0 Å². The lowest BCUT2D eigenvalue weighted by atomic mass is 10.00. The first-order valence-corrected chi connectivity index (χ1v) is 6.79. The summed E-state index contributed by atoms with van der Waals surface area (Å²) in [6, 6.07) is 4.25. The Morgan fingerprint density at radius 1 is 1.15 bits per heavy atom. The Morgan fingerprint density at radius 2 is 1.75 bits per heavy atom. The summed E-state index contributed by atoms with van der Waals surface area (Å²) in [5.41, 5.74) is 1.13. The topological polar surface area (TPSA) is 39.7 Å². The second kappa shape index (κ2) is 8.48. The summed E-state index contributed by atoms with van der Waals surface area (Å²) in [6.07, 6.45) is 5.08. The second-order valence-corrected chi connectivity index (χ2v) is 4.52. The van der Waals surface area contributed by atoms with Gasteiger partial charge in [-0.1, -0.05) is 6.08 Å². The van der Waals surface area contributed by atoms with Crippen molar-refractivity contribution in [3.63, 3.8) is 0 Å². The second-order valence-electron chi connectivity index (χ2n) is 4.52. The molecule has 112 valence electrons. The molecule has 1 atom stereocenters. The Bertz CT molecular complexity index is 407. The first kappa shape index (κ1) is 16.4. The van der Waals surface area contributed by atoms with Gasteiger partial charge in [0.1, 0.15) is 0 Å². The van der Waals surface area contributed by atoms with Crippen LogP contribution >= 0.6 is 0 Å².